The Bertz CT molecular complexity index is 759. The lowest BCUT2D eigenvalue weighted by atomic mass is 9.80. The second-order valence-electron chi connectivity index (χ2n) is 7.98. The summed E-state index contributed by atoms with van der Waals surface area (Å²) < 4.78 is 27.8. The fraction of sp³-hybridized carbons (Fsp3) is 0.583. The molecular weight excluding hydrogens is 384 g/mol. The number of aliphatic hydroxyl groups excluding tert-OH is 1. The molecule has 1 saturated heterocycles. The Hall–Kier alpha value is -2.18. The van der Waals surface area contributed by atoms with E-state index in [2.05, 4.69) is 19.1 Å². The first-order valence-electron chi connectivity index (χ1n) is 10.6. The van der Waals surface area contributed by atoms with E-state index in [0.29, 0.717) is 42.8 Å². The normalized spacial score (nSPS) is 26.1. The van der Waals surface area contributed by atoms with Crippen LogP contribution in [-0.2, 0) is 15.9 Å². The van der Waals surface area contributed by atoms with Crippen molar-refractivity contribution in [2.45, 2.75) is 39.4 Å². The van der Waals surface area contributed by atoms with Crippen molar-refractivity contribution in [3.05, 3.63) is 41.2 Å². The van der Waals surface area contributed by atoms with E-state index in [1.807, 2.05) is 19.1 Å². The van der Waals surface area contributed by atoms with Crippen LogP contribution in [0.5, 0.6) is 17.2 Å². The van der Waals surface area contributed by atoms with Gasteiger partial charge in [0, 0.05) is 12.3 Å². The van der Waals surface area contributed by atoms with E-state index >= 15 is 0 Å². The zero-order valence-electron chi connectivity index (χ0n) is 18.6. The lowest BCUT2D eigenvalue weighted by molar-refractivity contribution is -0.0820. The maximum atomic E-state index is 10.5. The highest BCUT2D eigenvalue weighted by molar-refractivity contribution is 5.54. The van der Waals surface area contributed by atoms with Crippen molar-refractivity contribution < 1.29 is 28.8 Å². The number of methoxy groups -OCH3 is 3. The van der Waals surface area contributed by atoms with Gasteiger partial charge in [0.05, 0.1) is 40.3 Å². The Morgan fingerprint density at radius 3 is 2.40 bits per heavy atom. The largest absolute Gasteiger partial charge is 0.498 e. The number of benzene rings is 1. The summed E-state index contributed by atoms with van der Waals surface area (Å²) >= 11 is 0. The quantitative estimate of drug-likeness (QED) is 0.651. The van der Waals surface area contributed by atoms with Crippen LogP contribution < -0.4 is 14.2 Å². The first kappa shape index (κ1) is 22.5. The summed E-state index contributed by atoms with van der Waals surface area (Å²) in [4.78, 5) is 0. The lowest BCUT2D eigenvalue weighted by Crippen LogP contribution is -2.24. The molecule has 0 spiro atoms. The summed E-state index contributed by atoms with van der Waals surface area (Å²) in [6.45, 7) is 5.35. The van der Waals surface area contributed by atoms with E-state index in [4.69, 9.17) is 23.7 Å². The van der Waals surface area contributed by atoms with Gasteiger partial charge >= 0.3 is 0 Å². The Balaban J connectivity index is 1.73. The summed E-state index contributed by atoms with van der Waals surface area (Å²) in [5.74, 6) is 3.53. The molecule has 30 heavy (non-hydrogen) atoms. The van der Waals surface area contributed by atoms with Crippen LogP contribution in [0.2, 0.25) is 0 Å². The molecule has 1 aliphatic heterocycles. The summed E-state index contributed by atoms with van der Waals surface area (Å²) in [5, 5.41) is 10.5. The van der Waals surface area contributed by atoms with E-state index in [1.165, 1.54) is 5.57 Å². The van der Waals surface area contributed by atoms with Gasteiger partial charge in [-0.05, 0) is 61.8 Å². The molecule has 0 saturated carbocycles. The topological polar surface area (TPSA) is 66.4 Å². The van der Waals surface area contributed by atoms with Crippen LogP contribution in [0.4, 0.5) is 0 Å². The van der Waals surface area contributed by atoms with Crippen molar-refractivity contribution in [2.75, 3.05) is 34.5 Å². The SMILES string of the molecule is CCOC1=C(C)C=CC(CC2COC(O)C2Cc2cc(OC)c(OC)c(OC)c2)C1. The Morgan fingerprint density at radius 2 is 1.80 bits per heavy atom. The van der Waals surface area contributed by atoms with Crippen LogP contribution >= 0.6 is 0 Å². The first-order valence-corrected chi connectivity index (χ1v) is 10.6. The third-order valence-electron chi connectivity index (χ3n) is 6.08. The van der Waals surface area contributed by atoms with Crippen molar-refractivity contribution in [2.24, 2.45) is 17.8 Å². The molecular formula is C24H34O6. The summed E-state index contributed by atoms with van der Waals surface area (Å²) in [6.07, 6.45) is 6.17. The average Bonchev–Trinajstić information content (AvgIpc) is 3.09. The molecule has 0 radical (unpaired) electrons. The minimum atomic E-state index is -0.773. The molecule has 0 bridgehead atoms. The molecule has 2 aliphatic rings. The van der Waals surface area contributed by atoms with Gasteiger partial charge < -0.3 is 28.8 Å². The van der Waals surface area contributed by atoms with Gasteiger partial charge in [0.25, 0.3) is 0 Å². The molecule has 6 heteroatoms. The molecule has 1 aliphatic carbocycles. The molecule has 1 N–H and O–H groups in total. The van der Waals surface area contributed by atoms with Gasteiger partial charge in [-0.15, -0.1) is 0 Å². The van der Waals surface area contributed by atoms with Gasteiger partial charge in [-0.3, -0.25) is 0 Å². The molecule has 1 aromatic rings. The Labute approximate surface area is 179 Å². The molecule has 3 rings (SSSR count). The van der Waals surface area contributed by atoms with E-state index in [-0.39, 0.29) is 11.8 Å². The molecule has 6 nitrogen and oxygen atoms in total. The molecule has 0 aromatic heterocycles. The van der Waals surface area contributed by atoms with E-state index in [0.717, 1.165) is 24.2 Å². The molecule has 166 valence electrons. The first-order chi connectivity index (χ1) is 14.5. The number of hydrogen-bond donors (Lipinski definition) is 1. The third-order valence-corrected chi connectivity index (χ3v) is 6.08. The molecule has 4 atom stereocenters. The summed E-state index contributed by atoms with van der Waals surface area (Å²) in [5.41, 5.74) is 2.22. The number of hydrogen-bond acceptors (Lipinski definition) is 6. The Morgan fingerprint density at radius 1 is 1.10 bits per heavy atom. The number of rotatable bonds is 9. The average molecular weight is 419 g/mol. The molecule has 0 amide bonds. The van der Waals surface area contributed by atoms with Gasteiger partial charge in [0.2, 0.25) is 5.75 Å². The van der Waals surface area contributed by atoms with Crippen molar-refractivity contribution in [3.63, 3.8) is 0 Å². The predicted molar refractivity (Wildman–Crippen MR) is 115 cm³/mol. The monoisotopic (exact) mass is 418 g/mol. The van der Waals surface area contributed by atoms with E-state index in [1.54, 1.807) is 21.3 Å². The van der Waals surface area contributed by atoms with Gasteiger partial charge in [-0.2, -0.15) is 0 Å². The van der Waals surface area contributed by atoms with Crippen molar-refractivity contribution in [1.29, 1.82) is 0 Å². The van der Waals surface area contributed by atoms with E-state index in [9.17, 15) is 5.11 Å². The molecule has 1 heterocycles. The van der Waals surface area contributed by atoms with Crippen LogP contribution in [0, 0.1) is 17.8 Å². The highest BCUT2D eigenvalue weighted by Crippen LogP contribution is 2.41. The third kappa shape index (κ3) is 4.93. The summed E-state index contributed by atoms with van der Waals surface area (Å²) in [7, 11) is 4.81. The number of aliphatic hydroxyl groups is 1. The number of allylic oxidation sites excluding steroid dienone is 4. The van der Waals surface area contributed by atoms with Crippen molar-refractivity contribution in [1.82, 2.24) is 0 Å². The second kappa shape index (κ2) is 10.2. The van der Waals surface area contributed by atoms with Gasteiger partial charge in [0.1, 0.15) is 0 Å². The zero-order chi connectivity index (χ0) is 21.7. The fourth-order valence-corrected chi connectivity index (χ4v) is 4.48. The lowest BCUT2D eigenvalue weighted by Gasteiger charge is -2.26. The molecule has 4 unspecified atom stereocenters. The smallest absolute Gasteiger partial charge is 0.203 e. The fourth-order valence-electron chi connectivity index (χ4n) is 4.48. The van der Waals surface area contributed by atoms with Crippen LogP contribution in [-0.4, -0.2) is 45.9 Å². The molecule has 1 fully saturated rings. The highest BCUT2D eigenvalue weighted by atomic mass is 16.6. The molecule has 1 aromatic carbocycles. The van der Waals surface area contributed by atoms with Crippen molar-refractivity contribution in [3.8, 4) is 17.2 Å². The van der Waals surface area contributed by atoms with Crippen LogP contribution in [0.1, 0.15) is 32.3 Å². The maximum Gasteiger partial charge on any atom is 0.203 e. The highest BCUT2D eigenvalue weighted by Gasteiger charge is 2.37. The minimum absolute atomic E-state index is 0.00348. The van der Waals surface area contributed by atoms with Crippen LogP contribution in [0.25, 0.3) is 0 Å². The maximum absolute atomic E-state index is 10.5. The number of ether oxygens (including phenoxy) is 5. The Kier molecular flexibility index (Phi) is 7.67. The zero-order valence-corrected chi connectivity index (χ0v) is 18.6. The van der Waals surface area contributed by atoms with Crippen molar-refractivity contribution >= 4 is 0 Å². The van der Waals surface area contributed by atoms with Crippen LogP contribution in [0.15, 0.2) is 35.6 Å². The second-order valence-corrected chi connectivity index (χ2v) is 7.98. The minimum Gasteiger partial charge on any atom is -0.498 e. The van der Waals surface area contributed by atoms with Crippen LogP contribution in [0.3, 0.4) is 0 Å². The standard InChI is InChI=1S/C24H34O6/c1-6-29-20-11-16(8-7-15(20)2)9-18-14-30-24(25)19(18)10-17-12-21(26-3)23(28-5)22(13-17)27-4/h7-8,12-13,16,18-19,24-25H,6,9-11,14H2,1-5H3. The van der Waals surface area contributed by atoms with Gasteiger partial charge in [0.15, 0.2) is 17.8 Å². The predicted octanol–water partition coefficient (Wildman–Crippen LogP) is 4.11. The van der Waals surface area contributed by atoms with E-state index < -0.39 is 6.29 Å². The summed E-state index contributed by atoms with van der Waals surface area (Å²) in [6, 6.07) is 3.90. The van der Waals surface area contributed by atoms with Gasteiger partial charge in [-0.25, -0.2) is 0 Å². The van der Waals surface area contributed by atoms with Gasteiger partial charge in [-0.1, -0.05) is 12.2 Å².